The molecule has 16 heavy (non-hydrogen) atoms. The Labute approximate surface area is 97.7 Å². The van der Waals surface area contributed by atoms with Crippen LogP contribution in [0.15, 0.2) is 0 Å². The van der Waals surface area contributed by atoms with E-state index in [4.69, 9.17) is 0 Å². The predicted octanol–water partition coefficient (Wildman–Crippen LogP) is 0.888. The fraction of sp³-hybridized carbons (Fsp3) is 0.917. The van der Waals surface area contributed by atoms with Crippen LogP contribution in [0.4, 0.5) is 0 Å². The quantitative estimate of drug-likeness (QED) is 0.695. The fourth-order valence-electron chi connectivity index (χ4n) is 2.65. The Bertz CT molecular complexity index is 284. The number of hydrazine groups is 1. The average molecular weight is 225 g/mol. The van der Waals surface area contributed by atoms with Crippen LogP contribution < -0.4 is 10.7 Å². The third-order valence-electron chi connectivity index (χ3n) is 3.48. The number of hydrogen-bond donors (Lipinski definition) is 2. The van der Waals surface area contributed by atoms with Crippen LogP contribution in [0.3, 0.4) is 0 Å². The highest BCUT2D eigenvalue weighted by Gasteiger charge is 2.43. The first-order chi connectivity index (χ1) is 7.39. The van der Waals surface area contributed by atoms with Gasteiger partial charge in [0.25, 0.3) is 0 Å². The van der Waals surface area contributed by atoms with E-state index in [2.05, 4.69) is 22.7 Å². The summed E-state index contributed by atoms with van der Waals surface area (Å²) in [4.78, 5) is 12.4. The van der Waals surface area contributed by atoms with Gasteiger partial charge in [0.1, 0.15) is 0 Å². The molecule has 4 heteroatoms. The summed E-state index contributed by atoms with van der Waals surface area (Å²) in [7, 11) is 0. The van der Waals surface area contributed by atoms with Gasteiger partial charge in [-0.15, -0.1) is 0 Å². The molecule has 0 aromatic heterocycles. The summed E-state index contributed by atoms with van der Waals surface area (Å²) in [5, 5.41) is 5.66. The number of carbonyl (C=O) groups excluding carboxylic acids is 1. The number of rotatable bonds is 1. The van der Waals surface area contributed by atoms with Gasteiger partial charge in [0.2, 0.25) is 0 Å². The van der Waals surface area contributed by atoms with Crippen LogP contribution >= 0.6 is 0 Å². The van der Waals surface area contributed by atoms with E-state index in [1.165, 1.54) is 0 Å². The standard InChI is InChI=1S/C12H23N3O/c1-8-7-9(11(16)12(2,3)4)15-10(14-8)5-6-13-15/h8-10,13-14H,5-7H2,1-4H3. The Morgan fingerprint density at radius 1 is 1.38 bits per heavy atom. The van der Waals surface area contributed by atoms with Crippen molar-refractivity contribution >= 4 is 5.78 Å². The maximum absolute atomic E-state index is 12.4. The smallest absolute Gasteiger partial charge is 0.156 e. The number of hydrogen-bond acceptors (Lipinski definition) is 4. The molecule has 2 saturated heterocycles. The second kappa shape index (κ2) is 4.09. The van der Waals surface area contributed by atoms with Crippen molar-refractivity contribution in [1.29, 1.82) is 0 Å². The molecule has 2 rings (SSSR count). The summed E-state index contributed by atoms with van der Waals surface area (Å²) in [5.74, 6) is 0.347. The van der Waals surface area contributed by atoms with Gasteiger partial charge in [-0.05, 0) is 19.8 Å². The Kier molecular flexibility index (Phi) is 3.07. The van der Waals surface area contributed by atoms with Crippen molar-refractivity contribution in [3.05, 3.63) is 0 Å². The maximum atomic E-state index is 12.4. The van der Waals surface area contributed by atoms with E-state index in [-0.39, 0.29) is 11.5 Å². The van der Waals surface area contributed by atoms with Crippen molar-refractivity contribution < 1.29 is 4.79 Å². The predicted molar refractivity (Wildman–Crippen MR) is 63.7 cm³/mol. The van der Waals surface area contributed by atoms with Gasteiger partial charge >= 0.3 is 0 Å². The monoisotopic (exact) mass is 225 g/mol. The Morgan fingerprint density at radius 2 is 2.06 bits per heavy atom. The molecule has 0 radical (unpaired) electrons. The molecule has 0 saturated carbocycles. The maximum Gasteiger partial charge on any atom is 0.156 e. The van der Waals surface area contributed by atoms with Gasteiger partial charge in [-0.3, -0.25) is 15.5 Å². The molecule has 2 fully saturated rings. The molecule has 92 valence electrons. The first-order valence-electron chi connectivity index (χ1n) is 6.22. The van der Waals surface area contributed by atoms with Gasteiger partial charge < -0.3 is 0 Å². The van der Waals surface area contributed by atoms with Gasteiger partial charge in [0.15, 0.2) is 5.78 Å². The summed E-state index contributed by atoms with van der Waals surface area (Å²) in [6.07, 6.45) is 2.32. The molecule has 0 amide bonds. The Morgan fingerprint density at radius 3 is 2.69 bits per heavy atom. The van der Waals surface area contributed by atoms with Crippen molar-refractivity contribution in [1.82, 2.24) is 15.8 Å². The number of Topliss-reactive ketones (excluding diaryl/α,β-unsaturated/α-hetero) is 1. The molecular weight excluding hydrogens is 202 g/mol. The average Bonchev–Trinajstić information content (AvgIpc) is 2.61. The van der Waals surface area contributed by atoms with Crippen molar-refractivity contribution in [2.75, 3.05) is 6.54 Å². The van der Waals surface area contributed by atoms with E-state index in [0.717, 1.165) is 19.4 Å². The molecule has 0 bridgehead atoms. The molecule has 0 aromatic rings. The summed E-state index contributed by atoms with van der Waals surface area (Å²) in [6, 6.07) is 0.459. The van der Waals surface area contributed by atoms with Crippen LogP contribution in [-0.4, -0.2) is 35.6 Å². The second-order valence-corrected chi connectivity index (χ2v) is 6.05. The zero-order valence-corrected chi connectivity index (χ0v) is 10.7. The molecule has 3 unspecified atom stereocenters. The van der Waals surface area contributed by atoms with Crippen LogP contribution in [0.25, 0.3) is 0 Å². The van der Waals surface area contributed by atoms with Crippen molar-refractivity contribution in [2.45, 2.75) is 58.8 Å². The normalized spacial score (nSPS) is 36.1. The first kappa shape index (κ1) is 12.0. The van der Waals surface area contributed by atoms with E-state index in [1.54, 1.807) is 0 Å². The topological polar surface area (TPSA) is 44.4 Å². The fourth-order valence-corrected chi connectivity index (χ4v) is 2.65. The number of nitrogens with one attached hydrogen (secondary N) is 2. The van der Waals surface area contributed by atoms with Crippen LogP contribution in [-0.2, 0) is 4.79 Å². The number of carbonyl (C=O) groups is 1. The lowest BCUT2D eigenvalue weighted by Crippen LogP contribution is -2.63. The molecule has 0 spiro atoms. The molecule has 2 aliphatic rings. The molecule has 0 aliphatic carbocycles. The van der Waals surface area contributed by atoms with E-state index in [1.807, 2.05) is 20.8 Å². The molecule has 0 aromatic carbocycles. The third-order valence-corrected chi connectivity index (χ3v) is 3.48. The van der Waals surface area contributed by atoms with Crippen LogP contribution in [0.5, 0.6) is 0 Å². The molecule has 2 aliphatic heterocycles. The van der Waals surface area contributed by atoms with Gasteiger partial charge in [0, 0.05) is 18.0 Å². The lowest BCUT2D eigenvalue weighted by atomic mass is 9.83. The Hall–Kier alpha value is -0.450. The third kappa shape index (κ3) is 2.14. The summed E-state index contributed by atoms with van der Waals surface area (Å²) >= 11 is 0. The van der Waals surface area contributed by atoms with Gasteiger partial charge in [0.05, 0.1) is 12.2 Å². The molecule has 4 nitrogen and oxygen atoms in total. The largest absolute Gasteiger partial charge is 0.298 e. The lowest BCUT2D eigenvalue weighted by Gasteiger charge is -2.42. The van der Waals surface area contributed by atoms with Crippen molar-refractivity contribution in [3.8, 4) is 0 Å². The minimum absolute atomic E-state index is 0.0312. The highest BCUT2D eigenvalue weighted by molar-refractivity contribution is 5.88. The number of ketones is 1. The summed E-state index contributed by atoms with van der Waals surface area (Å²) in [6.45, 7) is 9.16. The molecule has 3 atom stereocenters. The van der Waals surface area contributed by atoms with E-state index < -0.39 is 0 Å². The molecule has 2 N–H and O–H groups in total. The van der Waals surface area contributed by atoms with E-state index in [9.17, 15) is 4.79 Å². The van der Waals surface area contributed by atoms with Crippen molar-refractivity contribution in [2.24, 2.45) is 5.41 Å². The second-order valence-electron chi connectivity index (χ2n) is 6.05. The van der Waals surface area contributed by atoms with E-state index >= 15 is 0 Å². The lowest BCUT2D eigenvalue weighted by molar-refractivity contribution is -0.136. The highest BCUT2D eigenvalue weighted by Crippen LogP contribution is 2.27. The van der Waals surface area contributed by atoms with Crippen LogP contribution in [0.1, 0.15) is 40.5 Å². The molecular formula is C12H23N3O. The minimum Gasteiger partial charge on any atom is -0.298 e. The summed E-state index contributed by atoms with van der Waals surface area (Å²) < 4.78 is 0. The van der Waals surface area contributed by atoms with Crippen LogP contribution in [0.2, 0.25) is 0 Å². The van der Waals surface area contributed by atoms with Gasteiger partial charge in [-0.1, -0.05) is 20.8 Å². The minimum atomic E-state index is -0.253. The van der Waals surface area contributed by atoms with E-state index in [0.29, 0.717) is 18.0 Å². The zero-order valence-electron chi connectivity index (χ0n) is 10.7. The number of fused-ring (bicyclic) bond motifs is 1. The molecule has 2 heterocycles. The van der Waals surface area contributed by atoms with Crippen molar-refractivity contribution in [3.63, 3.8) is 0 Å². The van der Waals surface area contributed by atoms with Gasteiger partial charge in [-0.25, -0.2) is 5.01 Å². The summed E-state index contributed by atoms with van der Waals surface area (Å²) in [5.41, 5.74) is 3.08. The van der Waals surface area contributed by atoms with Gasteiger partial charge in [-0.2, -0.15) is 0 Å². The first-order valence-corrected chi connectivity index (χ1v) is 6.22. The zero-order chi connectivity index (χ0) is 11.9. The Balaban J connectivity index is 2.15. The SMILES string of the molecule is CC1CC(C(=O)C(C)(C)C)N2NCCC2N1. The number of nitrogens with zero attached hydrogens (tertiary/aromatic N) is 1. The highest BCUT2D eigenvalue weighted by atomic mass is 16.1. The van der Waals surface area contributed by atoms with Crippen LogP contribution in [0, 0.1) is 5.41 Å².